The molecule has 0 spiro atoms. The average Bonchev–Trinajstić information content (AvgIpc) is 3.52. The molecular formula is C24H25ClN6O4S. The van der Waals surface area contributed by atoms with Gasteiger partial charge in [0.1, 0.15) is 16.5 Å². The summed E-state index contributed by atoms with van der Waals surface area (Å²) in [5, 5.41) is 12.4. The maximum atomic E-state index is 13.4. The van der Waals surface area contributed by atoms with Crippen LogP contribution in [0.15, 0.2) is 47.8 Å². The molecule has 12 heteroatoms. The van der Waals surface area contributed by atoms with Gasteiger partial charge in [0.2, 0.25) is 0 Å². The van der Waals surface area contributed by atoms with Crippen LogP contribution in [0, 0.1) is 0 Å². The summed E-state index contributed by atoms with van der Waals surface area (Å²) in [6.07, 6.45) is 5.62. The summed E-state index contributed by atoms with van der Waals surface area (Å²) in [7, 11) is 0. The molecule has 0 aliphatic carbocycles. The Morgan fingerprint density at radius 1 is 1.28 bits per heavy atom. The Morgan fingerprint density at radius 2 is 2.17 bits per heavy atom. The fourth-order valence-electron chi connectivity index (χ4n) is 4.26. The standard InChI is InChI=1S/C24H25ClN6O4S/c1-36-23-17(4-2-7-26-23)24(33)30-12-19-21(13-30)35-14-16-11-31(29-28-16)8-3-9-34-20-10-15(22(32)27-19)5-6-18(20)25/h2,4-7,10-11,19,21H,3,8-9,12-14H2,1H3,(H,27,32)/t19-,21-/m0/s1. The number of thioether (sulfide) groups is 1. The van der Waals surface area contributed by atoms with Gasteiger partial charge in [-0.25, -0.2) is 4.98 Å². The number of halogens is 1. The highest BCUT2D eigenvalue weighted by Gasteiger charge is 2.38. The van der Waals surface area contributed by atoms with E-state index < -0.39 is 12.1 Å². The number of hydrogen-bond donors (Lipinski definition) is 1. The Hall–Kier alpha value is -3.15. The van der Waals surface area contributed by atoms with Crippen molar-refractivity contribution in [3.63, 3.8) is 0 Å². The number of benzene rings is 1. The molecule has 0 saturated carbocycles. The molecular weight excluding hydrogens is 504 g/mol. The minimum absolute atomic E-state index is 0.156. The summed E-state index contributed by atoms with van der Waals surface area (Å²) in [6.45, 7) is 1.84. The Balaban J connectivity index is 1.41. The van der Waals surface area contributed by atoms with Gasteiger partial charge in [-0.2, -0.15) is 0 Å². The van der Waals surface area contributed by atoms with Crippen LogP contribution in [0.2, 0.25) is 5.02 Å². The van der Waals surface area contributed by atoms with Crippen molar-refractivity contribution >= 4 is 35.2 Å². The third-order valence-electron chi connectivity index (χ3n) is 6.08. The van der Waals surface area contributed by atoms with E-state index >= 15 is 0 Å². The molecule has 1 saturated heterocycles. The third-order valence-corrected chi connectivity index (χ3v) is 7.10. The predicted molar refractivity (Wildman–Crippen MR) is 133 cm³/mol. The molecule has 2 amide bonds. The molecule has 3 aromatic rings. The number of rotatable bonds is 2. The van der Waals surface area contributed by atoms with Gasteiger partial charge in [0, 0.05) is 37.8 Å². The van der Waals surface area contributed by atoms with E-state index in [2.05, 4.69) is 20.6 Å². The number of aryl methyl sites for hydroxylation is 1. The van der Waals surface area contributed by atoms with Crippen LogP contribution < -0.4 is 10.1 Å². The van der Waals surface area contributed by atoms with Gasteiger partial charge in [-0.1, -0.05) is 16.8 Å². The summed E-state index contributed by atoms with van der Waals surface area (Å²) in [5.41, 5.74) is 1.61. The van der Waals surface area contributed by atoms with Gasteiger partial charge in [-0.05, 0) is 36.6 Å². The zero-order valence-corrected chi connectivity index (χ0v) is 21.2. The first-order valence-electron chi connectivity index (χ1n) is 11.5. The van der Waals surface area contributed by atoms with Crippen LogP contribution in [0.3, 0.4) is 0 Å². The fourth-order valence-corrected chi connectivity index (χ4v) is 4.97. The topological polar surface area (TPSA) is 111 Å². The number of fused-ring (bicyclic) bond motifs is 5. The highest BCUT2D eigenvalue weighted by molar-refractivity contribution is 7.98. The van der Waals surface area contributed by atoms with E-state index in [1.807, 2.05) is 12.5 Å². The molecule has 1 fully saturated rings. The molecule has 4 bridgehead atoms. The number of ether oxygens (including phenoxy) is 2. The lowest BCUT2D eigenvalue weighted by Gasteiger charge is -2.20. The quantitative estimate of drug-likeness (QED) is 0.505. The van der Waals surface area contributed by atoms with Crippen LogP contribution >= 0.6 is 23.4 Å². The van der Waals surface area contributed by atoms with Crippen molar-refractivity contribution in [1.29, 1.82) is 0 Å². The van der Waals surface area contributed by atoms with Crippen LogP contribution in [-0.4, -0.2) is 74.8 Å². The van der Waals surface area contributed by atoms with Gasteiger partial charge < -0.3 is 19.7 Å². The Kier molecular flexibility index (Phi) is 7.40. The van der Waals surface area contributed by atoms with Gasteiger partial charge >= 0.3 is 0 Å². The second kappa shape index (κ2) is 10.9. The van der Waals surface area contributed by atoms with Gasteiger partial charge in [0.05, 0.1) is 42.1 Å². The number of carbonyl (C=O) groups excluding carboxylic acids is 2. The molecule has 0 radical (unpaired) electrons. The molecule has 1 aromatic carbocycles. The minimum Gasteiger partial charge on any atom is -0.492 e. The average molecular weight is 529 g/mol. The van der Waals surface area contributed by atoms with E-state index in [1.165, 1.54) is 11.8 Å². The van der Waals surface area contributed by atoms with E-state index in [-0.39, 0.29) is 18.4 Å². The zero-order chi connectivity index (χ0) is 25.1. The lowest BCUT2D eigenvalue weighted by atomic mass is 10.1. The number of nitrogens with one attached hydrogen (secondary N) is 1. The maximum Gasteiger partial charge on any atom is 0.256 e. The van der Waals surface area contributed by atoms with Crippen molar-refractivity contribution in [2.24, 2.45) is 0 Å². The summed E-state index contributed by atoms with van der Waals surface area (Å²) >= 11 is 7.70. The van der Waals surface area contributed by atoms with Crippen molar-refractivity contribution < 1.29 is 19.1 Å². The first-order chi connectivity index (χ1) is 17.5. The summed E-state index contributed by atoms with van der Waals surface area (Å²) in [4.78, 5) is 32.5. The summed E-state index contributed by atoms with van der Waals surface area (Å²) in [5.74, 6) is -0.0154. The first-order valence-corrected chi connectivity index (χ1v) is 13.1. The molecule has 4 heterocycles. The summed E-state index contributed by atoms with van der Waals surface area (Å²) in [6, 6.07) is 7.99. The van der Waals surface area contributed by atoms with Crippen molar-refractivity contribution in [1.82, 2.24) is 30.2 Å². The number of carbonyl (C=O) groups is 2. The predicted octanol–water partition coefficient (Wildman–Crippen LogP) is 2.67. The molecule has 1 N–H and O–H groups in total. The Morgan fingerprint density at radius 3 is 3.03 bits per heavy atom. The van der Waals surface area contributed by atoms with E-state index in [0.29, 0.717) is 65.3 Å². The summed E-state index contributed by atoms with van der Waals surface area (Å²) < 4.78 is 13.7. The van der Waals surface area contributed by atoms with E-state index in [0.717, 1.165) is 0 Å². The monoisotopic (exact) mass is 528 g/mol. The van der Waals surface area contributed by atoms with E-state index in [1.54, 1.807) is 46.1 Å². The smallest absolute Gasteiger partial charge is 0.256 e. The molecule has 2 atom stereocenters. The number of hydrogen-bond acceptors (Lipinski definition) is 8. The molecule has 5 rings (SSSR count). The Bertz CT molecular complexity index is 1270. The van der Waals surface area contributed by atoms with Crippen LogP contribution in [-0.2, 0) is 17.9 Å². The van der Waals surface area contributed by atoms with Crippen LogP contribution in [0.5, 0.6) is 5.75 Å². The van der Waals surface area contributed by atoms with Crippen molar-refractivity contribution in [3.8, 4) is 5.75 Å². The Labute approximate surface area is 217 Å². The SMILES string of the molecule is CSc1ncccc1C(=O)N1C[C@@H]2NC(=O)c3ccc(Cl)c(c3)OCCCn3cc(nn3)CO[C@H]2C1. The van der Waals surface area contributed by atoms with Crippen LogP contribution in [0.25, 0.3) is 0 Å². The highest BCUT2D eigenvalue weighted by Crippen LogP contribution is 2.27. The highest BCUT2D eigenvalue weighted by atomic mass is 35.5. The van der Waals surface area contributed by atoms with E-state index in [4.69, 9.17) is 21.1 Å². The van der Waals surface area contributed by atoms with Crippen LogP contribution in [0.4, 0.5) is 0 Å². The second-order valence-corrected chi connectivity index (χ2v) is 9.72. The minimum atomic E-state index is -0.437. The van der Waals surface area contributed by atoms with Gasteiger partial charge in [0.25, 0.3) is 11.8 Å². The molecule has 10 nitrogen and oxygen atoms in total. The zero-order valence-electron chi connectivity index (χ0n) is 19.6. The fraction of sp³-hybridized carbons (Fsp3) is 0.375. The molecule has 2 aliphatic rings. The van der Waals surface area contributed by atoms with E-state index in [9.17, 15) is 9.59 Å². The van der Waals surface area contributed by atoms with Gasteiger partial charge in [-0.3, -0.25) is 14.3 Å². The number of aromatic nitrogens is 4. The lowest BCUT2D eigenvalue weighted by Crippen LogP contribution is -2.44. The second-order valence-electron chi connectivity index (χ2n) is 8.52. The van der Waals surface area contributed by atoms with Crippen molar-refractivity contribution in [2.45, 2.75) is 36.7 Å². The largest absolute Gasteiger partial charge is 0.492 e. The number of amides is 2. The number of pyridine rings is 1. The molecule has 2 aliphatic heterocycles. The number of nitrogens with zero attached hydrogens (tertiary/aromatic N) is 5. The molecule has 36 heavy (non-hydrogen) atoms. The van der Waals surface area contributed by atoms with Crippen molar-refractivity contribution in [2.75, 3.05) is 26.0 Å². The van der Waals surface area contributed by atoms with Gasteiger partial charge in [0.15, 0.2) is 0 Å². The lowest BCUT2D eigenvalue weighted by molar-refractivity contribution is 0.0290. The van der Waals surface area contributed by atoms with Crippen LogP contribution in [0.1, 0.15) is 32.8 Å². The van der Waals surface area contributed by atoms with Crippen molar-refractivity contribution in [3.05, 3.63) is 64.6 Å². The maximum absolute atomic E-state index is 13.4. The molecule has 2 aromatic heterocycles. The molecule has 188 valence electrons. The molecule has 0 unspecified atom stereocenters. The third kappa shape index (κ3) is 5.32. The normalized spacial score (nSPS) is 20.4. The van der Waals surface area contributed by atoms with Gasteiger partial charge in [-0.15, -0.1) is 16.9 Å². The number of likely N-dealkylation sites (tertiary alicyclic amines) is 1. The first kappa shape index (κ1) is 24.5.